The number of nitrogens with one attached hydrogen (secondary N) is 3. The first kappa shape index (κ1) is 18.3. The van der Waals surface area contributed by atoms with E-state index in [9.17, 15) is 9.59 Å². The lowest BCUT2D eigenvalue weighted by molar-refractivity contribution is -0.113. The van der Waals surface area contributed by atoms with Gasteiger partial charge in [-0.25, -0.2) is 9.78 Å². The molecular formula is C21H20N4O2S. The van der Waals surface area contributed by atoms with E-state index in [1.807, 2.05) is 6.07 Å². The molecule has 0 fully saturated rings. The van der Waals surface area contributed by atoms with Crippen LogP contribution >= 0.6 is 11.8 Å². The Hall–Kier alpha value is -3.06. The number of carbonyl (C=O) groups is 1. The van der Waals surface area contributed by atoms with E-state index in [4.69, 9.17) is 4.98 Å². The van der Waals surface area contributed by atoms with Crippen LogP contribution in [-0.4, -0.2) is 26.6 Å². The van der Waals surface area contributed by atoms with E-state index >= 15 is 0 Å². The Balaban J connectivity index is 1.48. The van der Waals surface area contributed by atoms with Crippen LogP contribution in [0.3, 0.4) is 0 Å². The molecule has 0 radical (unpaired) electrons. The van der Waals surface area contributed by atoms with E-state index in [2.05, 4.69) is 48.2 Å². The molecule has 2 heterocycles. The van der Waals surface area contributed by atoms with Crippen LogP contribution in [0.15, 0.2) is 46.2 Å². The zero-order valence-electron chi connectivity index (χ0n) is 15.8. The molecule has 0 aliphatic rings. The highest BCUT2D eigenvalue weighted by Crippen LogP contribution is 2.27. The largest absolute Gasteiger partial charge is 0.325 e. The number of aromatic nitrogens is 3. The molecule has 0 unspecified atom stereocenters. The average molecular weight is 392 g/mol. The number of pyridine rings is 1. The number of aryl methyl sites for hydroxylation is 3. The number of hydrogen-bond acceptors (Lipinski definition) is 4. The van der Waals surface area contributed by atoms with Crippen molar-refractivity contribution in [1.29, 1.82) is 0 Å². The summed E-state index contributed by atoms with van der Waals surface area (Å²) in [5.41, 5.74) is 6.23. The van der Waals surface area contributed by atoms with Crippen LogP contribution in [0.25, 0.3) is 21.9 Å². The number of aromatic amines is 2. The zero-order chi connectivity index (χ0) is 19.8. The quantitative estimate of drug-likeness (QED) is 0.457. The van der Waals surface area contributed by atoms with Gasteiger partial charge in [-0.3, -0.25) is 4.79 Å². The van der Waals surface area contributed by atoms with Crippen LogP contribution in [0.4, 0.5) is 5.69 Å². The maximum absolute atomic E-state index is 12.3. The van der Waals surface area contributed by atoms with Crippen molar-refractivity contribution in [2.75, 3.05) is 11.1 Å². The minimum absolute atomic E-state index is 0.123. The Morgan fingerprint density at radius 2 is 1.82 bits per heavy atom. The minimum Gasteiger partial charge on any atom is -0.325 e. The second-order valence-corrected chi connectivity index (χ2v) is 7.93. The van der Waals surface area contributed by atoms with Crippen LogP contribution in [0, 0.1) is 20.8 Å². The SMILES string of the molecule is Cc1cc(C)c2nc(SCC(=O)Nc3ccc4[nH]c(=O)[nH]c4c3)cc(C)c2c1. The third kappa shape index (κ3) is 3.66. The molecule has 0 atom stereocenters. The first-order valence-electron chi connectivity index (χ1n) is 8.92. The highest BCUT2D eigenvalue weighted by molar-refractivity contribution is 7.99. The van der Waals surface area contributed by atoms with Crippen molar-refractivity contribution in [2.24, 2.45) is 0 Å². The van der Waals surface area contributed by atoms with Crippen LogP contribution in [0.1, 0.15) is 16.7 Å². The number of H-pyrrole nitrogens is 2. The molecule has 0 spiro atoms. The summed E-state index contributed by atoms with van der Waals surface area (Å²) >= 11 is 1.41. The Bertz CT molecular complexity index is 1270. The maximum Gasteiger partial charge on any atom is 0.323 e. The first-order valence-corrected chi connectivity index (χ1v) is 9.91. The van der Waals surface area contributed by atoms with Gasteiger partial charge in [-0.1, -0.05) is 23.4 Å². The second kappa shape index (κ2) is 7.16. The van der Waals surface area contributed by atoms with E-state index in [-0.39, 0.29) is 17.3 Å². The van der Waals surface area contributed by atoms with Gasteiger partial charge in [-0.05, 0) is 62.2 Å². The number of amides is 1. The molecule has 6 nitrogen and oxygen atoms in total. The Labute approximate surface area is 165 Å². The molecule has 7 heteroatoms. The molecule has 142 valence electrons. The van der Waals surface area contributed by atoms with Gasteiger partial charge in [-0.2, -0.15) is 0 Å². The molecule has 0 saturated carbocycles. The number of carbonyl (C=O) groups excluding carboxylic acids is 1. The lowest BCUT2D eigenvalue weighted by Crippen LogP contribution is -2.14. The maximum atomic E-state index is 12.3. The highest BCUT2D eigenvalue weighted by Gasteiger charge is 2.10. The summed E-state index contributed by atoms with van der Waals surface area (Å²) in [6.45, 7) is 6.21. The molecule has 0 aliphatic carbocycles. The molecule has 3 N–H and O–H groups in total. The number of thioether (sulfide) groups is 1. The number of nitrogens with zero attached hydrogens (tertiary/aromatic N) is 1. The van der Waals surface area contributed by atoms with Gasteiger partial charge < -0.3 is 15.3 Å². The van der Waals surface area contributed by atoms with E-state index in [1.165, 1.54) is 17.3 Å². The fourth-order valence-electron chi connectivity index (χ4n) is 3.34. The normalized spacial score (nSPS) is 11.2. The Morgan fingerprint density at radius 1 is 1.04 bits per heavy atom. The van der Waals surface area contributed by atoms with E-state index in [0.29, 0.717) is 16.7 Å². The van der Waals surface area contributed by atoms with Crippen LogP contribution in [0.5, 0.6) is 0 Å². The predicted octanol–water partition coefficient (Wildman–Crippen LogP) is 4.06. The van der Waals surface area contributed by atoms with Gasteiger partial charge in [0.15, 0.2) is 0 Å². The molecule has 0 aliphatic heterocycles. The lowest BCUT2D eigenvalue weighted by Gasteiger charge is -2.10. The highest BCUT2D eigenvalue weighted by atomic mass is 32.2. The van der Waals surface area contributed by atoms with Crippen molar-refractivity contribution in [3.63, 3.8) is 0 Å². The summed E-state index contributed by atoms with van der Waals surface area (Å²) in [4.78, 5) is 33.8. The van der Waals surface area contributed by atoms with Gasteiger partial charge in [0.25, 0.3) is 0 Å². The van der Waals surface area contributed by atoms with Crippen LogP contribution < -0.4 is 11.0 Å². The van der Waals surface area contributed by atoms with Crippen molar-refractivity contribution in [3.05, 3.63) is 63.6 Å². The third-order valence-corrected chi connectivity index (χ3v) is 5.49. The smallest absolute Gasteiger partial charge is 0.323 e. The van der Waals surface area contributed by atoms with Crippen molar-refractivity contribution >= 4 is 45.3 Å². The molecule has 2 aromatic carbocycles. The number of imidazole rings is 1. The van der Waals surface area contributed by atoms with Gasteiger partial charge in [0, 0.05) is 11.1 Å². The van der Waals surface area contributed by atoms with E-state index in [1.54, 1.807) is 18.2 Å². The second-order valence-electron chi connectivity index (χ2n) is 6.93. The third-order valence-electron chi connectivity index (χ3n) is 4.58. The average Bonchev–Trinajstić information content (AvgIpc) is 3.00. The zero-order valence-corrected chi connectivity index (χ0v) is 16.7. The van der Waals surface area contributed by atoms with Gasteiger partial charge in [0.1, 0.15) is 0 Å². The van der Waals surface area contributed by atoms with E-state index < -0.39 is 0 Å². The molecule has 0 saturated heterocycles. The molecule has 0 bridgehead atoms. The standard InChI is InChI=1S/C21H20N4O2S/c1-11-6-13(3)20-15(7-11)12(2)8-19(25-20)28-10-18(26)22-14-4-5-16-17(9-14)24-21(27)23-16/h4-9H,10H2,1-3H3,(H,22,26)(H2,23,24,27). The molecule has 1 amide bonds. The fourth-order valence-corrected chi connectivity index (χ4v) is 4.10. The molecule has 28 heavy (non-hydrogen) atoms. The van der Waals surface area contributed by atoms with Crippen molar-refractivity contribution in [3.8, 4) is 0 Å². The number of rotatable bonds is 4. The molecule has 4 rings (SSSR count). The summed E-state index contributed by atoms with van der Waals surface area (Å²) < 4.78 is 0. The number of benzene rings is 2. The van der Waals surface area contributed by atoms with Crippen molar-refractivity contribution < 1.29 is 4.79 Å². The van der Waals surface area contributed by atoms with Crippen molar-refractivity contribution in [1.82, 2.24) is 15.0 Å². The first-order chi connectivity index (χ1) is 13.4. The number of anilines is 1. The monoisotopic (exact) mass is 392 g/mol. The number of fused-ring (bicyclic) bond motifs is 2. The van der Waals surface area contributed by atoms with Crippen LogP contribution in [0.2, 0.25) is 0 Å². The molecule has 4 aromatic rings. The summed E-state index contributed by atoms with van der Waals surface area (Å²) in [5, 5.41) is 4.84. The topological polar surface area (TPSA) is 90.6 Å². The van der Waals surface area contributed by atoms with Crippen LogP contribution in [-0.2, 0) is 4.79 Å². The fraction of sp³-hybridized carbons (Fsp3) is 0.190. The molecule has 2 aromatic heterocycles. The summed E-state index contributed by atoms with van der Waals surface area (Å²) in [6.07, 6.45) is 0. The van der Waals surface area contributed by atoms with Gasteiger partial charge in [0.05, 0.1) is 27.3 Å². The minimum atomic E-state index is -0.266. The van der Waals surface area contributed by atoms with Gasteiger partial charge in [0.2, 0.25) is 5.91 Å². The van der Waals surface area contributed by atoms with Gasteiger partial charge >= 0.3 is 5.69 Å². The Morgan fingerprint density at radius 3 is 2.64 bits per heavy atom. The van der Waals surface area contributed by atoms with E-state index in [0.717, 1.165) is 27.1 Å². The summed E-state index contributed by atoms with van der Waals surface area (Å²) in [7, 11) is 0. The summed E-state index contributed by atoms with van der Waals surface area (Å²) in [6, 6.07) is 11.5. The summed E-state index contributed by atoms with van der Waals surface area (Å²) in [5.74, 6) is 0.132. The number of hydrogen-bond donors (Lipinski definition) is 3. The molecular weight excluding hydrogens is 372 g/mol. The van der Waals surface area contributed by atoms with Crippen molar-refractivity contribution in [2.45, 2.75) is 25.8 Å². The Kier molecular flexibility index (Phi) is 4.68. The predicted molar refractivity (Wildman–Crippen MR) is 114 cm³/mol. The lowest BCUT2D eigenvalue weighted by atomic mass is 10.0. The van der Waals surface area contributed by atoms with Gasteiger partial charge in [-0.15, -0.1) is 0 Å².